The summed E-state index contributed by atoms with van der Waals surface area (Å²) in [4.78, 5) is 26.8. The predicted octanol–water partition coefficient (Wildman–Crippen LogP) is 1.83. The zero-order valence-electron chi connectivity index (χ0n) is 12.1. The average Bonchev–Trinajstić information content (AvgIpc) is 2.76. The fraction of sp³-hybridized carbons (Fsp3) is 0.846. The van der Waals surface area contributed by atoms with Gasteiger partial charge in [0.05, 0.1) is 5.92 Å². The van der Waals surface area contributed by atoms with E-state index in [4.69, 9.17) is 5.11 Å². The first-order valence-corrected chi connectivity index (χ1v) is 8.01. The first-order valence-electron chi connectivity index (χ1n) is 6.62. The number of rotatable bonds is 5. The van der Waals surface area contributed by atoms with Crippen molar-refractivity contribution in [3.8, 4) is 0 Å². The number of amides is 2. The second kappa shape index (κ2) is 7.03. The van der Waals surface area contributed by atoms with Crippen LogP contribution in [0, 0.1) is 11.8 Å². The van der Waals surface area contributed by atoms with Crippen LogP contribution in [0.25, 0.3) is 0 Å². The minimum atomic E-state index is -0.805. The lowest BCUT2D eigenvalue weighted by atomic mass is 9.99. The van der Waals surface area contributed by atoms with Crippen molar-refractivity contribution in [3.05, 3.63) is 0 Å². The van der Waals surface area contributed by atoms with E-state index < -0.39 is 11.9 Å². The van der Waals surface area contributed by atoms with Crippen LogP contribution in [-0.4, -0.2) is 65.1 Å². The van der Waals surface area contributed by atoms with Crippen LogP contribution in [0.2, 0.25) is 0 Å². The molecular formula is C13H24N2O3S. The molecule has 0 radical (unpaired) electrons. The van der Waals surface area contributed by atoms with E-state index in [0.717, 1.165) is 12.2 Å². The summed E-state index contributed by atoms with van der Waals surface area (Å²) in [5.41, 5.74) is 0. The molecule has 1 N–H and O–H groups in total. The van der Waals surface area contributed by atoms with Crippen LogP contribution in [-0.2, 0) is 4.79 Å². The number of thioether (sulfide) groups is 1. The molecule has 2 amide bonds. The summed E-state index contributed by atoms with van der Waals surface area (Å²) >= 11 is 1.77. The van der Waals surface area contributed by atoms with E-state index >= 15 is 0 Å². The Hall–Kier alpha value is -0.910. The Labute approximate surface area is 119 Å². The van der Waals surface area contributed by atoms with Crippen molar-refractivity contribution in [2.75, 3.05) is 32.1 Å². The maximum absolute atomic E-state index is 12.3. The van der Waals surface area contributed by atoms with Gasteiger partial charge in [-0.05, 0) is 31.3 Å². The highest BCUT2D eigenvalue weighted by atomic mass is 32.2. The molecule has 0 aromatic carbocycles. The minimum Gasteiger partial charge on any atom is -0.481 e. The molecule has 19 heavy (non-hydrogen) atoms. The molecule has 3 atom stereocenters. The van der Waals surface area contributed by atoms with Crippen LogP contribution >= 0.6 is 11.8 Å². The average molecular weight is 288 g/mol. The number of hydrogen-bond acceptors (Lipinski definition) is 3. The van der Waals surface area contributed by atoms with Gasteiger partial charge in [-0.15, -0.1) is 0 Å². The molecule has 0 aromatic heterocycles. The minimum absolute atomic E-state index is 0.0244. The number of likely N-dealkylation sites (tertiary alicyclic amines) is 1. The summed E-state index contributed by atoms with van der Waals surface area (Å²) in [6.07, 6.45) is 3.00. The molecule has 1 heterocycles. The van der Waals surface area contributed by atoms with Gasteiger partial charge in [-0.25, -0.2) is 4.79 Å². The summed E-state index contributed by atoms with van der Waals surface area (Å²) in [5.74, 6) is -0.191. The number of carboxylic acid groups (broad SMARTS) is 1. The van der Waals surface area contributed by atoms with Crippen LogP contribution in [0.3, 0.4) is 0 Å². The predicted molar refractivity (Wildman–Crippen MR) is 77.5 cm³/mol. The molecule has 1 unspecified atom stereocenters. The SMILES string of the molecule is CSCCC(C)N(C)C(=O)N1C[C@@H](C)[C@H](C(=O)O)C1. The Morgan fingerprint density at radius 2 is 2.11 bits per heavy atom. The molecule has 0 aliphatic carbocycles. The third-order valence-corrected chi connectivity index (χ3v) is 4.55. The largest absolute Gasteiger partial charge is 0.481 e. The molecule has 1 aliphatic rings. The van der Waals surface area contributed by atoms with Crippen LogP contribution in [0.1, 0.15) is 20.3 Å². The number of aliphatic carboxylic acids is 1. The van der Waals surface area contributed by atoms with Crippen molar-refractivity contribution in [1.29, 1.82) is 0 Å². The van der Waals surface area contributed by atoms with Gasteiger partial charge in [0.2, 0.25) is 0 Å². The molecule has 5 nitrogen and oxygen atoms in total. The van der Waals surface area contributed by atoms with Gasteiger partial charge in [0.25, 0.3) is 0 Å². The van der Waals surface area contributed by atoms with E-state index in [2.05, 4.69) is 0 Å². The lowest BCUT2D eigenvalue weighted by molar-refractivity contribution is -0.142. The van der Waals surface area contributed by atoms with Gasteiger partial charge in [-0.3, -0.25) is 4.79 Å². The number of urea groups is 1. The van der Waals surface area contributed by atoms with Gasteiger partial charge in [-0.2, -0.15) is 11.8 Å². The number of nitrogens with zero attached hydrogens (tertiary/aromatic N) is 2. The third kappa shape index (κ3) is 4.03. The summed E-state index contributed by atoms with van der Waals surface area (Å²) in [5, 5.41) is 9.09. The number of carbonyl (C=O) groups is 2. The van der Waals surface area contributed by atoms with E-state index in [1.807, 2.05) is 20.1 Å². The van der Waals surface area contributed by atoms with Crippen molar-refractivity contribution >= 4 is 23.8 Å². The Morgan fingerprint density at radius 1 is 1.47 bits per heavy atom. The van der Waals surface area contributed by atoms with Gasteiger partial charge in [-0.1, -0.05) is 6.92 Å². The quantitative estimate of drug-likeness (QED) is 0.838. The second-order valence-corrected chi connectivity index (χ2v) is 6.34. The monoisotopic (exact) mass is 288 g/mol. The first kappa shape index (κ1) is 16.1. The molecule has 0 aromatic rings. The maximum Gasteiger partial charge on any atom is 0.320 e. The van der Waals surface area contributed by atoms with Gasteiger partial charge >= 0.3 is 12.0 Å². The second-order valence-electron chi connectivity index (χ2n) is 5.35. The molecule has 1 fully saturated rings. The molecular weight excluding hydrogens is 264 g/mol. The summed E-state index contributed by atoms with van der Waals surface area (Å²) in [6.45, 7) is 4.79. The lowest BCUT2D eigenvalue weighted by Gasteiger charge is -2.29. The van der Waals surface area contributed by atoms with E-state index in [-0.39, 0.29) is 18.0 Å². The van der Waals surface area contributed by atoms with E-state index in [0.29, 0.717) is 13.1 Å². The number of carbonyl (C=O) groups excluding carboxylic acids is 1. The smallest absolute Gasteiger partial charge is 0.320 e. The summed E-state index contributed by atoms with van der Waals surface area (Å²) in [7, 11) is 1.80. The Morgan fingerprint density at radius 3 is 2.58 bits per heavy atom. The molecule has 6 heteroatoms. The molecule has 0 spiro atoms. The van der Waals surface area contributed by atoms with E-state index in [9.17, 15) is 9.59 Å². The van der Waals surface area contributed by atoms with Crippen molar-refractivity contribution in [2.45, 2.75) is 26.3 Å². The zero-order valence-corrected chi connectivity index (χ0v) is 12.9. The standard InChI is InChI=1S/C13H24N2O3S/c1-9-7-15(8-11(9)12(16)17)13(18)14(3)10(2)5-6-19-4/h9-11H,5-8H2,1-4H3,(H,16,17)/t9-,10?,11-/m1/s1. The molecule has 1 saturated heterocycles. The van der Waals surface area contributed by atoms with Crippen molar-refractivity contribution in [2.24, 2.45) is 11.8 Å². The molecule has 0 saturated carbocycles. The van der Waals surface area contributed by atoms with Gasteiger partial charge in [0, 0.05) is 26.2 Å². The van der Waals surface area contributed by atoms with Crippen LogP contribution in [0.4, 0.5) is 4.79 Å². The van der Waals surface area contributed by atoms with Crippen molar-refractivity contribution in [3.63, 3.8) is 0 Å². The maximum atomic E-state index is 12.3. The Bertz CT molecular complexity index is 338. The topological polar surface area (TPSA) is 60.9 Å². The van der Waals surface area contributed by atoms with Gasteiger partial charge < -0.3 is 14.9 Å². The first-order chi connectivity index (χ1) is 8.88. The number of carboxylic acids is 1. The van der Waals surface area contributed by atoms with Crippen LogP contribution in [0.15, 0.2) is 0 Å². The fourth-order valence-corrected chi connectivity index (χ4v) is 2.91. The Balaban J connectivity index is 2.56. The highest BCUT2D eigenvalue weighted by Gasteiger charge is 2.38. The summed E-state index contributed by atoms with van der Waals surface area (Å²) in [6, 6.07) is 0.128. The van der Waals surface area contributed by atoms with Crippen LogP contribution in [0.5, 0.6) is 0 Å². The molecule has 0 bridgehead atoms. The highest BCUT2D eigenvalue weighted by molar-refractivity contribution is 7.98. The lowest BCUT2D eigenvalue weighted by Crippen LogP contribution is -2.44. The highest BCUT2D eigenvalue weighted by Crippen LogP contribution is 2.24. The number of hydrogen-bond donors (Lipinski definition) is 1. The van der Waals surface area contributed by atoms with Gasteiger partial charge in [0.15, 0.2) is 0 Å². The normalized spacial score (nSPS) is 24.3. The summed E-state index contributed by atoms with van der Waals surface area (Å²) < 4.78 is 0. The molecule has 1 rings (SSSR count). The Kier molecular flexibility index (Phi) is 5.97. The fourth-order valence-electron chi connectivity index (χ4n) is 2.34. The van der Waals surface area contributed by atoms with E-state index in [1.165, 1.54) is 0 Å². The molecule has 1 aliphatic heterocycles. The van der Waals surface area contributed by atoms with Crippen LogP contribution < -0.4 is 0 Å². The third-order valence-electron chi connectivity index (χ3n) is 3.90. The zero-order chi connectivity index (χ0) is 14.6. The molecule has 110 valence electrons. The van der Waals surface area contributed by atoms with E-state index in [1.54, 1.807) is 28.6 Å². The van der Waals surface area contributed by atoms with Gasteiger partial charge in [0.1, 0.15) is 0 Å². The van der Waals surface area contributed by atoms with Crippen molar-refractivity contribution in [1.82, 2.24) is 9.80 Å². The van der Waals surface area contributed by atoms with Crippen molar-refractivity contribution < 1.29 is 14.7 Å².